The average molecular weight is 365 g/mol. The quantitative estimate of drug-likeness (QED) is 0.733. The zero-order chi connectivity index (χ0) is 18.3. The summed E-state index contributed by atoms with van der Waals surface area (Å²) in [6.45, 7) is 1.33. The molecule has 2 aromatic rings. The van der Waals surface area contributed by atoms with Gasteiger partial charge in [0.1, 0.15) is 18.2 Å². The van der Waals surface area contributed by atoms with Crippen LogP contribution in [0.5, 0.6) is 5.75 Å². The van der Waals surface area contributed by atoms with Crippen LogP contribution in [0, 0.1) is 23.6 Å². The lowest BCUT2D eigenvalue weighted by atomic mass is 9.53. The van der Waals surface area contributed by atoms with E-state index in [1.807, 2.05) is 12.1 Å². The molecular weight excluding hydrogens is 337 g/mol. The minimum absolute atomic E-state index is 0.209. The van der Waals surface area contributed by atoms with Gasteiger partial charge in [0.15, 0.2) is 0 Å². The van der Waals surface area contributed by atoms with Crippen LogP contribution in [-0.2, 0) is 13.2 Å². The molecule has 0 aromatic heterocycles. The molecular formula is C24H28FNO. The van der Waals surface area contributed by atoms with Crippen molar-refractivity contribution in [2.45, 2.75) is 57.2 Å². The van der Waals surface area contributed by atoms with Gasteiger partial charge in [0, 0.05) is 17.6 Å². The lowest BCUT2D eigenvalue weighted by molar-refractivity contribution is -0.0206. The molecule has 4 bridgehead atoms. The van der Waals surface area contributed by atoms with Gasteiger partial charge in [0.05, 0.1) is 0 Å². The van der Waals surface area contributed by atoms with Gasteiger partial charge in [0.25, 0.3) is 0 Å². The van der Waals surface area contributed by atoms with E-state index in [1.165, 1.54) is 56.2 Å². The van der Waals surface area contributed by atoms with Gasteiger partial charge in [-0.3, -0.25) is 0 Å². The van der Waals surface area contributed by atoms with E-state index in [2.05, 4.69) is 17.4 Å². The molecule has 0 heterocycles. The van der Waals surface area contributed by atoms with Crippen LogP contribution >= 0.6 is 0 Å². The Bertz CT molecular complexity index is 765. The molecule has 0 unspecified atom stereocenters. The maximum atomic E-state index is 13.1. The molecule has 0 saturated heterocycles. The van der Waals surface area contributed by atoms with Crippen LogP contribution in [-0.4, -0.2) is 5.54 Å². The van der Waals surface area contributed by atoms with E-state index in [9.17, 15) is 4.39 Å². The lowest BCUT2D eigenvalue weighted by Gasteiger charge is -2.57. The largest absolute Gasteiger partial charge is 0.489 e. The van der Waals surface area contributed by atoms with E-state index in [-0.39, 0.29) is 5.82 Å². The van der Waals surface area contributed by atoms with Crippen molar-refractivity contribution in [3.05, 3.63) is 65.5 Å². The van der Waals surface area contributed by atoms with Crippen LogP contribution in [0.4, 0.5) is 4.39 Å². The summed E-state index contributed by atoms with van der Waals surface area (Å²) in [6.07, 6.45) is 8.49. The number of benzene rings is 2. The number of hydrogen-bond acceptors (Lipinski definition) is 2. The third-order valence-electron chi connectivity index (χ3n) is 6.97. The Kier molecular flexibility index (Phi) is 4.43. The van der Waals surface area contributed by atoms with Gasteiger partial charge in [-0.15, -0.1) is 0 Å². The van der Waals surface area contributed by atoms with E-state index in [0.717, 1.165) is 35.6 Å². The van der Waals surface area contributed by atoms with Crippen LogP contribution < -0.4 is 10.1 Å². The molecule has 142 valence electrons. The molecule has 4 aliphatic rings. The Morgan fingerprint density at radius 3 is 2.19 bits per heavy atom. The topological polar surface area (TPSA) is 21.3 Å². The summed E-state index contributed by atoms with van der Waals surface area (Å²) < 4.78 is 19.1. The average Bonchev–Trinajstić information content (AvgIpc) is 2.66. The van der Waals surface area contributed by atoms with Gasteiger partial charge < -0.3 is 10.1 Å². The first-order valence-electron chi connectivity index (χ1n) is 10.4. The van der Waals surface area contributed by atoms with E-state index in [1.54, 1.807) is 12.1 Å². The van der Waals surface area contributed by atoms with Crippen molar-refractivity contribution < 1.29 is 9.13 Å². The second kappa shape index (κ2) is 6.94. The fourth-order valence-corrected chi connectivity index (χ4v) is 6.14. The van der Waals surface area contributed by atoms with Crippen molar-refractivity contribution in [1.82, 2.24) is 5.32 Å². The lowest BCUT2D eigenvalue weighted by Crippen LogP contribution is -2.58. The molecule has 3 heteroatoms. The number of rotatable bonds is 6. The molecule has 0 radical (unpaired) electrons. The van der Waals surface area contributed by atoms with Gasteiger partial charge in [-0.25, -0.2) is 4.39 Å². The summed E-state index contributed by atoms with van der Waals surface area (Å²) in [4.78, 5) is 0. The Balaban J connectivity index is 1.25. The normalized spacial score (nSPS) is 31.2. The molecule has 0 amide bonds. The van der Waals surface area contributed by atoms with Gasteiger partial charge in [-0.2, -0.15) is 0 Å². The smallest absolute Gasteiger partial charge is 0.124 e. The Hall–Kier alpha value is -1.87. The highest BCUT2D eigenvalue weighted by Crippen LogP contribution is 2.55. The van der Waals surface area contributed by atoms with Crippen molar-refractivity contribution >= 4 is 0 Å². The highest BCUT2D eigenvalue weighted by atomic mass is 19.1. The molecule has 2 aromatic carbocycles. The van der Waals surface area contributed by atoms with Crippen molar-refractivity contribution in [3.63, 3.8) is 0 Å². The summed E-state index contributed by atoms with van der Waals surface area (Å²) >= 11 is 0. The first kappa shape index (κ1) is 17.2. The standard InChI is InChI=1S/C24H28FNO/c25-22-7-5-17(6-8-22)16-27-23-4-2-1-3-21(23)15-26-24-12-18-9-19(13-24)11-20(10-18)14-24/h1-8,18-20,26H,9-16H2. The molecule has 1 N–H and O–H groups in total. The molecule has 2 nitrogen and oxygen atoms in total. The van der Waals surface area contributed by atoms with Gasteiger partial charge in [0.2, 0.25) is 0 Å². The van der Waals surface area contributed by atoms with Gasteiger partial charge >= 0.3 is 0 Å². The molecule has 0 atom stereocenters. The van der Waals surface area contributed by atoms with E-state index >= 15 is 0 Å². The molecule has 27 heavy (non-hydrogen) atoms. The summed E-state index contributed by atoms with van der Waals surface area (Å²) in [7, 11) is 0. The Morgan fingerprint density at radius 2 is 1.52 bits per heavy atom. The van der Waals surface area contributed by atoms with Gasteiger partial charge in [-0.1, -0.05) is 30.3 Å². The van der Waals surface area contributed by atoms with Crippen molar-refractivity contribution in [2.24, 2.45) is 17.8 Å². The maximum Gasteiger partial charge on any atom is 0.124 e. The summed E-state index contributed by atoms with van der Waals surface area (Å²) in [5, 5.41) is 3.96. The van der Waals surface area contributed by atoms with Crippen molar-refractivity contribution in [2.75, 3.05) is 0 Å². The second-order valence-corrected chi connectivity index (χ2v) is 9.07. The van der Waals surface area contributed by atoms with Crippen molar-refractivity contribution in [1.29, 1.82) is 0 Å². The zero-order valence-corrected chi connectivity index (χ0v) is 15.8. The third kappa shape index (κ3) is 3.62. The highest BCUT2D eigenvalue weighted by Gasteiger charge is 2.50. The molecule has 0 aliphatic heterocycles. The van der Waals surface area contributed by atoms with Crippen LogP contribution in [0.1, 0.15) is 49.7 Å². The monoisotopic (exact) mass is 365 g/mol. The summed E-state index contributed by atoms with van der Waals surface area (Å²) in [6, 6.07) is 14.8. The molecule has 4 saturated carbocycles. The number of para-hydroxylation sites is 1. The van der Waals surface area contributed by atoms with Crippen LogP contribution in [0.15, 0.2) is 48.5 Å². The third-order valence-corrected chi connectivity index (χ3v) is 6.97. The first-order valence-corrected chi connectivity index (χ1v) is 10.4. The van der Waals surface area contributed by atoms with E-state index in [4.69, 9.17) is 4.74 Å². The predicted octanol–water partition coefficient (Wildman–Crippen LogP) is 5.46. The molecule has 0 spiro atoms. The summed E-state index contributed by atoms with van der Waals surface area (Å²) in [5.74, 6) is 3.58. The summed E-state index contributed by atoms with van der Waals surface area (Å²) in [5.41, 5.74) is 2.56. The predicted molar refractivity (Wildman–Crippen MR) is 105 cm³/mol. The number of halogens is 1. The van der Waals surface area contributed by atoms with Crippen LogP contribution in [0.3, 0.4) is 0 Å². The second-order valence-electron chi connectivity index (χ2n) is 9.07. The SMILES string of the molecule is Fc1ccc(COc2ccccc2CNC23CC4CC(CC(C4)C2)C3)cc1. The number of nitrogens with one attached hydrogen (secondary N) is 1. The first-order chi connectivity index (χ1) is 13.2. The van der Waals surface area contributed by atoms with Crippen molar-refractivity contribution in [3.8, 4) is 5.75 Å². The van der Waals surface area contributed by atoms with Gasteiger partial charge in [-0.05, 0) is 80.0 Å². The van der Waals surface area contributed by atoms with Crippen LogP contribution in [0.2, 0.25) is 0 Å². The zero-order valence-electron chi connectivity index (χ0n) is 15.8. The Labute approximate surface area is 161 Å². The molecule has 4 aliphatic carbocycles. The number of ether oxygens (including phenoxy) is 1. The number of hydrogen-bond donors (Lipinski definition) is 1. The molecule has 6 rings (SSSR count). The fourth-order valence-electron chi connectivity index (χ4n) is 6.14. The Morgan fingerprint density at radius 1 is 0.889 bits per heavy atom. The minimum Gasteiger partial charge on any atom is -0.489 e. The highest BCUT2D eigenvalue weighted by molar-refractivity contribution is 5.34. The van der Waals surface area contributed by atoms with E-state index < -0.39 is 0 Å². The molecule has 4 fully saturated rings. The van der Waals surface area contributed by atoms with Crippen LogP contribution in [0.25, 0.3) is 0 Å². The van der Waals surface area contributed by atoms with E-state index in [0.29, 0.717) is 12.1 Å². The maximum absolute atomic E-state index is 13.1. The minimum atomic E-state index is -0.209. The fraction of sp³-hybridized carbons (Fsp3) is 0.500.